The molecule has 1 aromatic heterocycles. The molecule has 0 spiro atoms. The molecule has 0 saturated heterocycles. The lowest BCUT2D eigenvalue weighted by Gasteiger charge is -2.07. The summed E-state index contributed by atoms with van der Waals surface area (Å²) < 4.78 is 1.61. The third-order valence-electron chi connectivity index (χ3n) is 2.27. The molecule has 0 bridgehead atoms. The van der Waals surface area contributed by atoms with Crippen LogP contribution in [0.25, 0.3) is 0 Å². The fourth-order valence-electron chi connectivity index (χ4n) is 1.37. The Morgan fingerprint density at radius 2 is 2.37 bits per heavy atom. The Morgan fingerprint density at radius 3 is 3.00 bits per heavy atom. The summed E-state index contributed by atoms with van der Waals surface area (Å²) in [5.41, 5.74) is 6.67. The summed E-state index contributed by atoms with van der Waals surface area (Å²) in [5, 5.41) is 7.73. The molecular weight excluding hydrogens is 286 g/mol. The first kappa shape index (κ1) is 13.7. The monoisotopic (exact) mass is 297 g/mol. The number of rotatable bonds is 4. The highest BCUT2D eigenvalue weighted by atomic mass is 35.5. The number of benzene rings is 1. The molecule has 0 unspecified atom stereocenters. The van der Waals surface area contributed by atoms with Crippen molar-refractivity contribution in [1.29, 1.82) is 0 Å². The van der Waals surface area contributed by atoms with E-state index in [1.165, 1.54) is 18.1 Å². The molecule has 0 aliphatic carbocycles. The molecule has 2 aromatic rings. The van der Waals surface area contributed by atoms with Crippen LogP contribution >= 0.6 is 23.4 Å². The van der Waals surface area contributed by atoms with Gasteiger partial charge >= 0.3 is 0 Å². The fraction of sp³-hybridized carbons (Fsp3) is 0.182. The van der Waals surface area contributed by atoms with Crippen molar-refractivity contribution in [3.8, 4) is 0 Å². The molecule has 1 amide bonds. The zero-order valence-electron chi connectivity index (χ0n) is 10.1. The molecule has 19 heavy (non-hydrogen) atoms. The first-order valence-electron chi connectivity index (χ1n) is 5.38. The zero-order valence-corrected chi connectivity index (χ0v) is 11.7. The van der Waals surface area contributed by atoms with Crippen LogP contribution in [0.5, 0.6) is 0 Å². The average molecular weight is 298 g/mol. The van der Waals surface area contributed by atoms with Crippen molar-refractivity contribution >= 4 is 40.6 Å². The number of carbonyl (C=O) groups excluding carboxylic acids is 1. The number of anilines is 2. The minimum absolute atomic E-state index is 0.167. The van der Waals surface area contributed by atoms with E-state index < -0.39 is 0 Å². The second-order valence-electron chi connectivity index (χ2n) is 3.74. The van der Waals surface area contributed by atoms with Crippen LogP contribution in [0.1, 0.15) is 0 Å². The van der Waals surface area contributed by atoms with Crippen molar-refractivity contribution < 1.29 is 4.79 Å². The van der Waals surface area contributed by atoms with Gasteiger partial charge in [0.05, 0.1) is 16.5 Å². The van der Waals surface area contributed by atoms with E-state index in [0.717, 1.165) is 0 Å². The number of carbonyl (C=O) groups is 1. The topological polar surface area (TPSA) is 85.8 Å². The van der Waals surface area contributed by atoms with Crippen LogP contribution in [-0.4, -0.2) is 26.4 Å². The Labute approximate surface area is 119 Å². The molecular formula is C11H12ClN5OS. The Balaban J connectivity index is 1.93. The van der Waals surface area contributed by atoms with Crippen LogP contribution in [0.2, 0.25) is 5.02 Å². The summed E-state index contributed by atoms with van der Waals surface area (Å²) in [6, 6.07) is 4.94. The highest BCUT2D eigenvalue weighted by Gasteiger charge is 2.09. The lowest BCUT2D eigenvalue weighted by Crippen LogP contribution is -2.14. The van der Waals surface area contributed by atoms with Gasteiger partial charge in [0, 0.05) is 12.7 Å². The highest BCUT2D eigenvalue weighted by Crippen LogP contribution is 2.24. The number of thioether (sulfide) groups is 1. The molecule has 8 heteroatoms. The fourth-order valence-corrected chi connectivity index (χ4v) is 2.29. The molecule has 0 atom stereocenters. The number of hydrogen-bond acceptors (Lipinski definition) is 5. The minimum Gasteiger partial charge on any atom is -0.399 e. The van der Waals surface area contributed by atoms with Crippen LogP contribution in [0.15, 0.2) is 29.7 Å². The number of nitrogens with two attached hydrogens (primary N) is 1. The van der Waals surface area contributed by atoms with Crippen molar-refractivity contribution in [3.63, 3.8) is 0 Å². The summed E-state index contributed by atoms with van der Waals surface area (Å²) in [6.07, 6.45) is 1.44. The molecule has 1 heterocycles. The maximum atomic E-state index is 11.8. The molecule has 1 aromatic carbocycles. The second-order valence-corrected chi connectivity index (χ2v) is 5.09. The summed E-state index contributed by atoms with van der Waals surface area (Å²) in [5.74, 6) is 0.0624. The van der Waals surface area contributed by atoms with Crippen LogP contribution in [0.4, 0.5) is 11.4 Å². The Kier molecular flexibility index (Phi) is 4.28. The van der Waals surface area contributed by atoms with E-state index in [-0.39, 0.29) is 11.7 Å². The van der Waals surface area contributed by atoms with Gasteiger partial charge in [0.1, 0.15) is 6.33 Å². The molecule has 0 saturated carbocycles. The molecule has 6 nitrogen and oxygen atoms in total. The van der Waals surface area contributed by atoms with Crippen LogP contribution < -0.4 is 11.1 Å². The molecule has 0 aliphatic rings. The first-order valence-corrected chi connectivity index (χ1v) is 6.74. The molecule has 2 rings (SSSR count). The Hall–Kier alpha value is -1.73. The van der Waals surface area contributed by atoms with E-state index >= 15 is 0 Å². The highest BCUT2D eigenvalue weighted by molar-refractivity contribution is 7.99. The summed E-state index contributed by atoms with van der Waals surface area (Å²) >= 11 is 7.27. The van der Waals surface area contributed by atoms with Gasteiger partial charge in [-0.05, 0) is 18.2 Å². The largest absolute Gasteiger partial charge is 0.399 e. The second kappa shape index (κ2) is 5.94. The van der Waals surface area contributed by atoms with Gasteiger partial charge < -0.3 is 11.1 Å². The zero-order chi connectivity index (χ0) is 13.8. The van der Waals surface area contributed by atoms with Gasteiger partial charge in [-0.2, -0.15) is 5.10 Å². The van der Waals surface area contributed by atoms with E-state index in [1.807, 2.05) is 0 Å². The van der Waals surface area contributed by atoms with Crippen LogP contribution in [0.3, 0.4) is 0 Å². The van der Waals surface area contributed by atoms with Crippen molar-refractivity contribution in [2.24, 2.45) is 7.05 Å². The van der Waals surface area contributed by atoms with Gasteiger partial charge in [-0.3, -0.25) is 4.79 Å². The molecule has 0 aliphatic heterocycles. The Bertz CT molecular complexity index is 601. The first-order chi connectivity index (χ1) is 9.06. The van der Waals surface area contributed by atoms with Gasteiger partial charge in [0.25, 0.3) is 0 Å². The Morgan fingerprint density at radius 1 is 1.58 bits per heavy atom. The maximum absolute atomic E-state index is 11.8. The maximum Gasteiger partial charge on any atom is 0.234 e. The van der Waals surface area contributed by atoms with Crippen molar-refractivity contribution in [2.75, 3.05) is 16.8 Å². The van der Waals surface area contributed by atoms with Crippen molar-refractivity contribution in [2.45, 2.75) is 5.16 Å². The normalized spacial score (nSPS) is 10.4. The van der Waals surface area contributed by atoms with E-state index in [2.05, 4.69) is 15.4 Å². The van der Waals surface area contributed by atoms with Gasteiger partial charge in [-0.25, -0.2) is 9.67 Å². The molecule has 0 radical (unpaired) electrons. The van der Waals surface area contributed by atoms with Crippen LogP contribution in [-0.2, 0) is 11.8 Å². The number of aryl methyl sites for hydroxylation is 1. The predicted octanol–water partition coefficient (Wildman–Crippen LogP) is 1.78. The van der Waals surface area contributed by atoms with Crippen molar-refractivity contribution in [1.82, 2.24) is 14.8 Å². The standard InChI is InChI=1S/C11H12ClN5OS/c1-17-11(14-6-15-17)19-5-10(18)16-9-3-2-7(13)4-8(9)12/h2-4,6H,5,13H2,1H3,(H,16,18). The van der Waals surface area contributed by atoms with E-state index in [4.69, 9.17) is 17.3 Å². The summed E-state index contributed by atoms with van der Waals surface area (Å²) in [4.78, 5) is 15.8. The number of nitrogens with one attached hydrogen (secondary N) is 1. The minimum atomic E-state index is -0.167. The lowest BCUT2D eigenvalue weighted by molar-refractivity contribution is -0.113. The number of nitrogen functional groups attached to an aromatic ring is 1. The summed E-state index contributed by atoms with van der Waals surface area (Å²) in [7, 11) is 1.77. The van der Waals surface area contributed by atoms with Crippen LogP contribution in [0, 0.1) is 0 Å². The number of nitrogens with zero attached hydrogens (tertiary/aromatic N) is 3. The third-order valence-corrected chi connectivity index (χ3v) is 3.62. The molecule has 100 valence electrons. The predicted molar refractivity (Wildman–Crippen MR) is 76.2 cm³/mol. The quantitative estimate of drug-likeness (QED) is 0.663. The van der Waals surface area contributed by atoms with Gasteiger partial charge in [-0.15, -0.1) is 0 Å². The SMILES string of the molecule is Cn1ncnc1SCC(=O)Nc1ccc(N)cc1Cl. The number of aromatic nitrogens is 3. The lowest BCUT2D eigenvalue weighted by atomic mass is 10.3. The van der Waals surface area contributed by atoms with Crippen molar-refractivity contribution in [3.05, 3.63) is 29.5 Å². The van der Waals surface area contributed by atoms with Gasteiger partial charge in [0.15, 0.2) is 5.16 Å². The number of hydrogen-bond donors (Lipinski definition) is 2. The van der Waals surface area contributed by atoms with E-state index in [9.17, 15) is 4.79 Å². The average Bonchev–Trinajstić information content (AvgIpc) is 2.76. The van der Waals surface area contributed by atoms with E-state index in [0.29, 0.717) is 21.6 Å². The smallest absolute Gasteiger partial charge is 0.234 e. The van der Waals surface area contributed by atoms with E-state index in [1.54, 1.807) is 29.9 Å². The van der Waals surface area contributed by atoms with Gasteiger partial charge in [-0.1, -0.05) is 23.4 Å². The molecule has 3 N–H and O–H groups in total. The number of amides is 1. The molecule has 0 fully saturated rings. The summed E-state index contributed by atoms with van der Waals surface area (Å²) in [6.45, 7) is 0. The third kappa shape index (κ3) is 3.62. The number of halogens is 1. The van der Waals surface area contributed by atoms with Gasteiger partial charge in [0.2, 0.25) is 5.91 Å².